The second-order valence-electron chi connectivity index (χ2n) is 4.85. The summed E-state index contributed by atoms with van der Waals surface area (Å²) in [6.45, 7) is 2.59. The van der Waals surface area contributed by atoms with Crippen LogP contribution < -0.4 is 14.8 Å². The van der Waals surface area contributed by atoms with Gasteiger partial charge in [0.25, 0.3) is 0 Å². The Labute approximate surface area is 124 Å². The van der Waals surface area contributed by atoms with Crippen molar-refractivity contribution >= 4 is 0 Å². The van der Waals surface area contributed by atoms with Crippen molar-refractivity contribution in [3.8, 4) is 22.6 Å². The lowest BCUT2D eigenvalue weighted by molar-refractivity contribution is 0.354. The molecule has 0 aliphatic rings. The van der Waals surface area contributed by atoms with Gasteiger partial charge in [0.2, 0.25) is 0 Å². The molecule has 0 bridgehead atoms. The second-order valence-corrected chi connectivity index (χ2v) is 4.85. The minimum absolute atomic E-state index is 0.230. The first-order chi connectivity index (χ1) is 10.1. The Morgan fingerprint density at radius 1 is 1.00 bits per heavy atom. The molecule has 0 radical (unpaired) electrons. The fourth-order valence-electron chi connectivity index (χ4n) is 2.44. The van der Waals surface area contributed by atoms with Crippen LogP contribution in [0.5, 0.6) is 11.5 Å². The average molecular weight is 289 g/mol. The third kappa shape index (κ3) is 3.16. The zero-order valence-corrected chi connectivity index (χ0v) is 12.8. The van der Waals surface area contributed by atoms with E-state index in [4.69, 9.17) is 9.47 Å². The van der Waals surface area contributed by atoms with Gasteiger partial charge >= 0.3 is 0 Å². The van der Waals surface area contributed by atoms with Gasteiger partial charge in [0.15, 0.2) is 11.5 Å². The summed E-state index contributed by atoms with van der Waals surface area (Å²) in [5.41, 5.74) is 3.96. The van der Waals surface area contributed by atoms with Crippen LogP contribution in [0.15, 0.2) is 30.3 Å². The van der Waals surface area contributed by atoms with Gasteiger partial charge in [0.1, 0.15) is 5.82 Å². The molecule has 2 aromatic carbocycles. The summed E-state index contributed by atoms with van der Waals surface area (Å²) < 4.78 is 24.0. The van der Waals surface area contributed by atoms with Crippen molar-refractivity contribution in [3.63, 3.8) is 0 Å². The lowest BCUT2D eigenvalue weighted by Gasteiger charge is -2.16. The van der Waals surface area contributed by atoms with E-state index in [0.29, 0.717) is 18.0 Å². The number of aryl methyl sites for hydroxylation is 1. The molecule has 4 heteroatoms. The molecule has 0 saturated heterocycles. The van der Waals surface area contributed by atoms with Crippen LogP contribution in [0.3, 0.4) is 0 Å². The fourth-order valence-corrected chi connectivity index (χ4v) is 2.44. The molecule has 0 atom stereocenters. The zero-order chi connectivity index (χ0) is 15.4. The fraction of sp³-hybridized carbons (Fsp3) is 0.294. The highest BCUT2D eigenvalue weighted by molar-refractivity contribution is 5.73. The van der Waals surface area contributed by atoms with Gasteiger partial charge in [0.05, 0.1) is 14.2 Å². The first-order valence-corrected chi connectivity index (χ1v) is 6.76. The largest absolute Gasteiger partial charge is 0.493 e. The molecule has 21 heavy (non-hydrogen) atoms. The Bertz CT molecular complexity index is 641. The molecule has 0 aromatic heterocycles. The van der Waals surface area contributed by atoms with Gasteiger partial charge < -0.3 is 14.8 Å². The molecule has 0 unspecified atom stereocenters. The van der Waals surface area contributed by atoms with Crippen molar-refractivity contribution in [1.29, 1.82) is 0 Å². The average Bonchev–Trinajstić information content (AvgIpc) is 2.47. The zero-order valence-electron chi connectivity index (χ0n) is 12.8. The Morgan fingerprint density at radius 3 is 2.24 bits per heavy atom. The molecule has 0 amide bonds. The Hall–Kier alpha value is -2.07. The Morgan fingerprint density at radius 2 is 1.67 bits per heavy atom. The number of methoxy groups -OCH3 is 2. The molecule has 0 heterocycles. The van der Waals surface area contributed by atoms with Crippen molar-refractivity contribution in [2.45, 2.75) is 13.5 Å². The molecular weight excluding hydrogens is 269 g/mol. The maximum Gasteiger partial charge on any atom is 0.161 e. The standard InChI is InChI=1S/C17H20FNO2/c1-11-7-13(18)5-6-14(11)15-9-17(21-4)16(20-3)8-12(15)10-19-2/h5-9,19H,10H2,1-4H3. The molecule has 0 saturated carbocycles. The molecule has 1 N–H and O–H groups in total. The Balaban J connectivity index is 2.64. The minimum Gasteiger partial charge on any atom is -0.493 e. The lowest BCUT2D eigenvalue weighted by Crippen LogP contribution is -2.07. The van der Waals surface area contributed by atoms with Crippen LogP contribution >= 0.6 is 0 Å². The first kappa shape index (κ1) is 15.3. The molecule has 0 aliphatic carbocycles. The van der Waals surface area contributed by atoms with E-state index in [2.05, 4.69) is 5.32 Å². The maximum absolute atomic E-state index is 13.3. The summed E-state index contributed by atoms with van der Waals surface area (Å²) in [5.74, 6) is 1.12. The van der Waals surface area contributed by atoms with E-state index < -0.39 is 0 Å². The van der Waals surface area contributed by atoms with E-state index in [1.54, 1.807) is 20.3 Å². The summed E-state index contributed by atoms with van der Waals surface area (Å²) in [7, 11) is 5.11. The number of halogens is 1. The topological polar surface area (TPSA) is 30.5 Å². The highest BCUT2D eigenvalue weighted by atomic mass is 19.1. The minimum atomic E-state index is -0.230. The van der Waals surface area contributed by atoms with Gasteiger partial charge in [-0.2, -0.15) is 0 Å². The molecule has 0 spiro atoms. The number of rotatable bonds is 5. The summed E-state index contributed by atoms with van der Waals surface area (Å²) >= 11 is 0. The van der Waals surface area contributed by atoms with Crippen LogP contribution in [0.1, 0.15) is 11.1 Å². The van der Waals surface area contributed by atoms with E-state index in [9.17, 15) is 4.39 Å². The van der Waals surface area contributed by atoms with Crippen LogP contribution in [-0.2, 0) is 6.54 Å². The number of ether oxygens (including phenoxy) is 2. The summed E-state index contributed by atoms with van der Waals surface area (Å²) in [4.78, 5) is 0. The maximum atomic E-state index is 13.3. The van der Waals surface area contributed by atoms with Crippen molar-refractivity contribution in [1.82, 2.24) is 5.32 Å². The third-order valence-electron chi connectivity index (χ3n) is 3.46. The van der Waals surface area contributed by atoms with E-state index in [-0.39, 0.29) is 5.82 Å². The van der Waals surface area contributed by atoms with Crippen LogP contribution in [0.25, 0.3) is 11.1 Å². The highest BCUT2D eigenvalue weighted by Gasteiger charge is 2.14. The van der Waals surface area contributed by atoms with Crippen LogP contribution in [0.4, 0.5) is 4.39 Å². The number of benzene rings is 2. The molecule has 0 aliphatic heterocycles. The van der Waals surface area contributed by atoms with Crippen LogP contribution in [0.2, 0.25) is 0 Å². The highest BCUT2D eigenvalue weighted by Crippen LogP contribution is 2.37. The van der Waals surface area contributed by atoms with Gasteiger partial charge in [-0.25, -0.2) is 4.39 Å². The number of hydrogen-bond donors (Lipinski definition) is 1. The van der Waals surface area contributed by atoms with E-state index in [1.165, 1.54) is 12.1 Å². The van der Waals surface area contributed by atoms with Gasteiger partial charge in [-0.3, -0.25) is 0 Å². The van der Waals surface area contributed by atoms with Gasteiger partial charge in [-0.15, -0.1) is 0 Å². The molecule has 3 nitrogen and oxygen atoms in total. The van der Waals surface area contributed by atoms with Gasteiger partial charge in [0, 0.05) is 6.54 Å². The number of nitrogens with one attached hydrogen (secondary N) is 1. The van der Waals surface area contributed by atoms with Crippen LogP contribution in [-0.4, -0.2) is 21.3 Å². The van der Waals surface area contributed by atoms with Crippen LogP contribution in [0, 0.1) is 12.7 Å². The van der Waals surface area contributed by atoms with Crippen molar-refractivity contribution in [2.75, 3.05) is 21.3 Å². The summed E-state index contributed by atoms with van der Waals surface area (Å²) in [5, 5.41) is 3.14. The number of hydrogen-bond acceptors (Lipinski definition) is 3. The monoisotopic (exact) mass is 289 g/mol. The quantitative estimate of drug-likeness (QED) is 0.913. The molecule has 0 fully saturated rings. The van der Waals surface area contributed by atoms with Crippen molar-refractivity contribution < 1.29 is 13.9 Å². The van der Waals surface area contributed by atoms with E-state index in [0.717, 1.165) is 22.3 Å². The summed E-state index contributed by atoms with van der Waals surface area (Å²) in [6, 6.07) is 8.70. The Kier molecular flexibility index (Phi) is 4.81. The molecule has 112 valence electrons. The summed E-state index contributed by atoms with van der Waals surface area (Å²) in [6.07, 6.45) is 0. The normalized spacial score (nSPS) is 10.5. The first-order valence-electron chi connectivity index (χ1n) is 6.76. The smallest absolute Gasteiger partial charge is 0.161 e. The van der Waals surface area contributed by atoms with E-state index >= 15 is 0 Å². The van der Waals surface area contributed by atoms with Gasteiger partial charge in [-0.1, -0.05) is 6.07 Å². The lowest BCUT2D eigenvalue weighted by atomic mass is 9.95. The molecule has 2 aromatic rings. The van der Waals surface area contributed by atoms with Gasteiger partial charge in [-0.05, 0) is 60.5 Å². The van der Waals surface area contributed by atoms with E-state index in [1.807, 2.05) is 26.1 Å². The predicted octanol–water partition coefficient (Wildman–Crippen LogP) is 3.54. The molecule has 2 rings (SSSR count). The molecular formula is C17H20FNO2. The van der Waals surface area contributed by atoms with Crippen molar-refractivity contribution in [3.05, 3.63) is 47.3 Å². The SMILES string of the molecule is CNCc1cc(OC)c(OC)cc1-c1ccc(F)cc1C. The predicted molar refractivity (Wildman–Crippen MR) is 82.4 cm³/mol. The van der Waals surface area contributed by atoms with Crippen molar-refractivity contribution in [2.24, 2.45) is 0 Å². The second kappa shape index (κ2) is 6.59. The third-order valence-corrected chi connectivity index (χ3v) is 3.46.